The first-order chi connectivity index (χ1) is 9.54. The summed E-state index contributed by atoms with van der Waals surface area (Å²) >= 11 is 5.32. The number of aryl methyl sites for hydroxylation is 4. The van der Waals surface area contributed by atoms with Gasteiger partial charge in [0.05, 0.1) is 23.8 Å². The summed E-state index contributed by atoms with van der Waals surface area (Å²) in [5, 5.41) is 4.26. The molecule has 0 unspecified atom stereocenters. The zero-order valence-electron chi connectivity index (χ0n) is 11.4. The van der Waals surface area contributed by atoms with Gasteiger partial charge in [-0.1, -0.05) is 0 Å². The molecule has 0 amide bonds. The number of imidazole rings is 1. The zero-order valence-corrected chi connectivity index (χ0v) is 12.2. The Hall–Kier alpha value is -1.95. The molecule has 3 aromatic rings. The molecule has 0 fully saturated rings. The number of fused-ring (bicyclic) bond motifs is 1. The van der Waals surface area contributed by atoms with E-state index in [4.69, 9.17) is 12.2 Å². The first kappa shape index (κ1) is 13.1. The number of hydrogen-bond donors (Lipinski definition) is 1. The van der Waals surface area contributed by atoms with Crippen molar-refractivity contribution < 1.29 is 4.39 Å². The number of H-pyrrole nitrogens is 1. The largest absolute Gasteiger partial charge is 0.330 e. The average Bonchev–Trinajstić information content (AvgIpc) is 2.92. The summed E-state index contributed by atoms with van der Waals surface area (Å²) in [6.07, 6.45) is 3.82. The van der Waals surface area contributed by atoms with Crippen LogP contribution >= 0.6 is 12.2 Å². The maximum atomic E-state index is 13.6. The number of aromatic nitrogens is 4. The van der Waals surface area contributed by atoms with E-state index in [0.29, 0.717) is 16.9 Å². The van der Waals surface area contributed by atoms with Crippen molar-refractivity contribution >= 4 is 23.3 Å². The van der Waals surface area contributed by atoms with Crippen LogP contribution in [0.3, 0.4) is 0 Å². The van der Waals surface area contributed by atoms with Crippen molar-refractivity contribution in [3.63, 3.8) is 0 Å². The van der Waals surface area contributed by atoms with Crippen molar-refractivity contribution in [2.75, 3.05) is 0 Å². The lowest BCUT2D eigenvalue weighted by molar-refractivity contribution is 0.537. The fraction of sp³-hybridized carbons (Fsp3) is 0.286. The summed E-state index contributed by atoms with van der Waals surface area (Å²) in [5.74, 6) is -0.219. The third-order valence-electron chi connectivity index (χ3n) is 3.37. The van der Waals surface area contributed by atoms with Gasteiger partial charge in [0.15, 0.2) is 4.77 Å². The first-order valence-corrected chi connectivity index (χ1v) is 6.83. The van der Waals surface area contributed by atoms with Crippen LogP contribution in [-0.2, 0) is 13.1 Å². The first-order valence-electron chi connectivity index (χ1n) is 6.42. The van der Waals surface area contributed by atoms with E-state index in [2.05, 4.69) is 10.1 Å². The number of halogens is 1. The van der Waals surface area contributed by atoms with Gasteiger partial charge in [0.2, 0.25) is 0 Å². The van der Waals surface area contributed by atoms with Gasteiger partial charge >= 0.3 is 0 Å². The summed E-state index contributed by atoms with van der Waals surface area (Å²) < 4.78 is 18.0. The molecule has 4 nitrogen and oxygen atoms in total. The molecule has 0 spiro atoms. The minimum Gasteiger partial charge on any atom is -0.330 e. The molecule has 1 N–H and O–H groups in total. The Morgan fingerprint density at radius 3 is 2.80 bits per heavy atom. The zero-order chi connectivity index (χ0) is 14.3. The number of hydrogen-bond acceptors (Lipinski definition) is 2. The Balaban J connectivity index is 1.96. The van der Waals surface area contributed by atoms with Crippen LogP contribution in [0.2, 0.25) is 0 Å². The minimum atomic E-state index is -0.219. The van der Waals surface area contributed by atoms with Crippen LogP contribution in [0.1, 0.15) is 11.1 Å². The van der Waals surface area contributed by atoms with E-state index >= 15 is 0 Å². The lowest BCUT2D eigenvalue weighted by Gasteiger charge is -2.06. The molecule has 104 valence electrons. The number of nitrogens with one attached hydrogen (secondary N) is 1. The van der Waals surface area contributed by atoms with Crippen LogP contribution in [0, 0.1) is 24.4 Å². The maximum Gasteiger partial charge on any atom is 0.178 e. The molecule has 2 heterocycles. The second-order valence-electron chi connectivity index (χ2n) is 4.98. The third kappa shape index (κ3) is 2.27. The Morgan fingerprint density at radius 1 is 1.30 bits per heavy atom. The van der Waals surface area contributed by atoms with Crippen molar-refractivity contribution in [3.05, 3.63) is 46.2 Å². The molecule has 3 rings (SSSR count). The highest BCUT2D eigenvalue weighted by Gasteiger charge is 2.08. The number of nitrogens with zero attached hydrogens (tertiary/aromatic N) is 3. The lowest BCUT2D eigenvalue weighted by atomic mass is 10.2. The van der Waals surface area contributed by atoms with Gasteiger partial charge in [-0.25, -0.2) is 4.39 Å². The van der Waals surface area contributed by atoms with Crippen LogP contribution in [-0.4, -0.2) is 19.3 Å². The predicted octanol–water partition coefficient (Wildman–Crippen LogP) is 3.35. The Morgan fingerprint density at radius 2 is 2.10 bits per heavy atom. The fourth-order valence-corrected chi connectivity index (χ4v) is 2.60. The molecular formula is C14H15FN4S. The van der Waals surface area contributed by atoms with E-state index < -0.39 is 0 Å². The molecule has 0 bridgehead atoms. The highest BCUT2D eigenvalue weighted by atomic mass is 32.1. The van der Waals surface area contributed by atoms with Gasteiger partial charge < -0.3 is 9.55 Å². The van der Waals surface area contributed by atoms with Crippen LogP contribution in [0.15, 0.2) is 24.5 Å². The summed E-state index contributed by atoms with van der Waals surface area (Å²) in [4.78, 5) is 3.04. The summed E-state index contributed by atoms with van der Waals surface area (Å²) in [5.41, 5.74) is 3.41. The molecule has 0 aliphatic carbocycles. The highest BCUT2D eigenvalue weighted by molar-refractivity contribution is 7.71. The van der Waals surface area contributed by atoms with Crippen molar-refractivity contribution in [2.45, 2.75) is 26.9 Å². The van der Waals surface area contributed by atoms with E-state index in [1.54, 1.807) is 6.92 Å². The van der Waals surface area contributed by atoms with Gasteiger partial charge in [-0.2, -0.15) is 5.10 Å². The van der Waals surface area contributed by atoms with Gasteiger partial charge in [-0.3, -0.25) is 4.68 Å². The Labute approximate surface area is 120 Å². The Kier molecular flexibility index (Phi) is 3.17. The second-order valence-corrected chi connectivity index (χ2v) is 5.37. The van der Waals surface area contributed by atoms with Crippen molar-refractivity contribution in [1.82, 2.24) is 19.3 Å². The quantitative estimate of drug-likeness (QED) is 0.751. The van der Waals surface area contributed by atoms with Gasteiger partial charge in [-0.15, -0.1) is 0 Å². The fourth-order valence-electron chi connectivity index (χ4n) is 2.30. The smallest absolute Gasteiger partial charge is 0.178 e. The van der Waals surface area contributed by atoms with Crippen LogP contribution in [0.4, 0.5) is 4.39 Å². The van der Waals surface area contributed by atoms with E-state index in [0.717, 1.165) is 23.1 Å². The molecule has 0 atom stereocenters. The highest BCUT2D eigenvalue weighted by Crippen LogP contribution is 2.19. The molecule has 0 aliphatic heterocycles. The summed E-state index contributed by atoms with van der Waals surface area (Å²) in [6, 6.07) is 3.32. The van der Waals surface area contributed by atoms with Crippen molar-refractivity contribution in [1.29, 1.82) is 0 Å². The van der Waals surface area contributed by atoms with Crippen LogP contribution in [0.25, 0.3) is 11.0 Å². The van der Waals surface area contributed by atoms with Gasteiger partial charge in [-0.05, 0) is 49.3 Å². The van der Waals surface area contributed by atoms with Crippen LogP contribution < -0.4 is 0 Å². The standard InChI is InChI=1S/C14H15FN4S/c1-9-7-16-18(8-9)3-4-19-13-5-10(2)11(15)6-12(13)17-14(19)20/h5-8H,3-4H2,1-2H3,(H,17,20). The second kappa shape index (κ2) is 4.86. The normalized spacial score (nSPS) is 11.3. The molecule has 0 aliphatic rings. The van der Waals surface area contributed by atoms with Gasteiger partial charge in [0.1, 0.15) is 5.82 Å². The topological polar surface area (TPSA) is 38.5 Å². The van der Waals surface area contributed by atoms with E-state index in [1.165, 1.54) is 6.07 Å². The molecule has 0 radical (unpaired) electrons. The minimum absolute atomic E-state index is 0.219. The maximum absolute atomic E-state index is 13.6. The van der Waals surface area contributed by atoms with E-state index in [9.17, 15) is 4.39 Å². The lowest BCUT2D eigenvalue weighted by Crippen LogP contribution is -2.07. The molecule has 6 heteroatoms. The molecule has 2 aromatic heterocycles. The SMILES string of the molecule is Cc1cnn(CCn2c(=S)[nH]c3cc(F)c(C)cc32)c1. The van der Waals surface area contributed by atoms with Gasteiger partial charge in [0, 0.05) is 12.7 Å². The number of benzene rings is 1. The number of aromatic amines is 1. The molecule has 0 saturated carbocycles. The molecular weight excluding hydrogens is 275 g/mol. The monoisotopic (exact) mass is 290 g/mol. The van der Waals surface area contributed by atoms with Crippen LogP contribution in [0.5, 0.6) is 0 Å². The molecule has 0 saturated heterocycles. The number of rotatable bonds is 3. The average molecular weight is 290 g/mol. The summed E-state index contributed by atoms with van der Waals surface area (Å²) in [7, 11) is 0. The Bertz CT molecular complexity index is 827. The van der Waals surface area contributed by atoms with Crippen molar-refractivity contribution in [2.24, 2.45) is 0 Å². The molecule has 1 aromatic carbocycles. The van der Waals surface area contributed by atoms with Crippen molar-refractivity contribution in [3.8, 4) is 0 Å². The van der Waals surface area contributed by atoms with E-state index in [1.807, 2.05) is 34.6 Å². The van der Waals surface area contributed by atoms with E-state index in [-0.39, 0.29) is 5.82 Å². The third-order valence-corrected chi connectivity index (χ3v) is 3.69. The van der Waals surface area contributed by atoms with Gasteiger partial charge in [0.25, 0.3) is 0 Å². The predicted molar refractivity (Wildman–Crippen MR) is 78.8 cm³/mol. The molecule has 20 heavy (non-hydrogen) atoms. The summed E-state index contributed by atoms with van der Waals surface area (Å²) in [6.45, 7) is 5.19.